The Morgan fingerprint density at radius 2 is 2.03 bits per heavy atom. The molecule has 2 fully saturated rings. The molecule has 1 spiro atoms. The number of hydrogen-bond donors (Lipinski definition) is 2. The van der Waals surface area contributed by atoms with Crippen molar-refractivity contribution in [2.75, 3.05) is 20.6 Å². The number of phenols is 1. The lowest BCUT2D eigenvalue weighted by Crippen LogP contribution is -2.80. The van der Waals surface area contributed by atoms with Crippen molar-refractivity contribution in [2.45, 2.75) is 75.7 Å². The number of likely N-dealkylation sites (tertiary alicyclic amines) is 1. The van der Waals surface area contributed by atoms with Crippen molar-refractivity contribution < 1.29 is 19.7 Å². The molecule has 6 rings (SSSR count). The van der Waals surface area contributed by atoms with Gasteiger partial charge in [-0.25, -0.2) is 0 Å². The van der Waals surface area contributed by atoms with E-state index in [0.29, 0.717) is 18.6 Å². The number of ether oxygens (including phenoxy) is 1. The number of aryl methyl sites for hydroxylation is 2. The van der Waals surface area contributed by atoms with Gasteiger partial charge in [0.05, 0.1) is 17.1 Å². The Bertz CT molecular complexity index is 1360. The summed E-state index contributed by atoms with van der Waals surface area (Å²) in [5.74, 6) is 6.23. The monoisotopic (exact) mass is 500 g/mol. The molecule has 194 valence electrons. The highest BCUT2D eigenvalue weighted by Gasteiger charge is 2.75. The minimum absolute atomic E-state index is 0.0190. The average molecular weight is 501 g/mol. The predicted octanol–water partition coefficient (Wildman–Crippen LogP) is 3.31. The molecule has 2 aliphatic heterocycles. The molecule has 1 amide bonds. The van der Waals surface area contributed by atoms with E-state index >= 15 is 0 Å². The van der Waals surface area contributed by atoms with Crippen molar-refractivity contribution >= 4 is 5.91 Å². The highest BCUT2D eigenvalue weighted by Crippen LogP contribution is 2.67. The maximum atomic E-state index is 13.4. The molecule has 0 radical (unpaired) electrons. The van der Waals surface area contributed by atoms with E-state index in [1.165, 1.54) is 5.56 Å². The number of aromatic hydroxyl groups is 1. The molecule has 2 aliphatic carbocycles. The Hall–Kier alpha value is -3.01. The molecule has 0 unspecified atom stereocenters. The van der Waals surface area contributed by atoms with E-state index in [0.717, 1.165) is 41.6 Å². The number of benzene rings is 2. The van der Waals surface area contributed by atoms with E-state index in [4.69, 9.17) is 4.74 Å². The number of carbonyl (C=O) groups is 1. The summed E-state index contributed by atoms with van der Waals surface area (Å²) in [6, 6.07) is 9.36. The van der Waals surface area contributed by atoms with Crippen LogP contribution in [0.4, 0.5) is 0 Å². The van der Waals surface area contributed by atoms with Crippen LogP contribution in [0.15, 0.2) is 30.3 Å². The molecular formula is C31H36N2O4. The number of nitrogens with zero attached hydrogens (tertiary/aromatic N) is 2. The minimum Gasteiger partial charge on any atom is -0.504 e. The molecule has 2 aromatic rings. The second-order valence-electron chi connectivity index (χ2n) is 11.6. The maximum absolute atomic E-state index is 13.4. The lowest BCUT2D eigenvalue weighted by atomic mass is 9.45. The molecule has 2 heterocycles. The van der Waals surface area contributed by atoms with Gasteiger partial charge in [-0.2, -0.15) is 0 Å². The van der Waals surface area contributed by atoms with Gasteiger partial charge >= 0.3 is 0 Å². The number of aliphatic hydroxyl groups is 1. The summed E-state index contributed by atoms with van der Waals surface area (Å²) in [5.41, 5.74) is 3.58. The predicted molar refractivity (Wildman–Crippen MR) is 142 cm³/mol. The van der Waals surface area contributed by atoms with E-state index in [1.54, 1.807) is 18.0 Å². The molecule has 6 atom stereocenters. The third-order valence-electron chi connectivity index (χ3n) is 10.1. The van der Waals surface area contributed by atoms with Crippen LogP contribution in [0.1, 0.15) is 54.0 Å². The van der Waals surface area contributed by atoms with Crippen LogP contribution in [-0.4, -0.2) is 70.3 Å². The molecule has 1 saturated heterocycles. The first kappa shape index (κ1) is 24.3. The average Bonchev–Trinajstić information content (AvgIpc) is 3.23. The highest BCUT2D eigenvalue weighted by molar-refractivity contribution is 5.94. The molecule has 4 aliphatic rings. The molecule has 1 saturated carbocycles. The smallest absolute Gasteiger partial charge is 0.298 e. The number of piperidine rings is 1. The minimum atomic E-state index is -1.00. The van der Waals surface area contributed by atoms with Gasteiger partial charge < -0.3 is 24.7 Å². The number of phenolic OH excluding ortho intramolecular Hbond substituents is 1. The molecule has 0 aromatic heterocycles. The largest absolute Gasteiger partial charge is 0.504 e. The fourth-order valence-corrected chi connectivity index (χ4v) is 7.98. The first-order valence-electron chi connectivity index (χ1n) is 13.4. The first-order chi connectivity index (χ1) is 17.6. The fourth-order valence-electron chi connectivity index (χ4n) is 7.98. The van der Waals surface area contributed by atoms with Crippen LogP contribution >= 0.6 is 0 Å². The van der Waals surface area contributed by atoms with Crippen LogP contribution in [0.25, 0.3) is 0 Å². The molecule has 2 aromatic carbocycles. The van der Waals surface area contributed by atoms with Crippen LogP contribution in [0, 0.1) is 31.6 Å². The summed E-state index contributed by atoms with van der Waals surface area (Å²) in [5, 5.41) is 23.6. The lowest BCUT2D eigenvalue weighted by Gasteiger charge is -2.66. The lowest BCUT2D eigenvalue weighted by molar-refractivity contribution is -0.224. The van der Waals surface area contributed by atoms with Crippen LogP contribution in [0.2, 0.25) is 0 Å². The number of amides is 1. The van der Waals surface area contributed by atoms with Gasteiger partial charge in [-0.1, -0.05) is 31.4 Å². The summed E-state index contributed by atoms with van der Waals surface area (Å²) in [6.45, 7) is 7.05. The van der Waals surface area contributed by atoms with Crippen LogP contribution in [0.3, 0.4) is 0 Å². The zero-order valence-electron chi connectivity index (χ0n) is 22.3. The number of likely N-dealkylation sites (N-methyl/N-ethyl adjacent to an activating group) is 2. The van der Waals surface area contributed by atoms with Gasteiger partial charge in [-0.15, -0.1) is 0 Å². The first-order valence-corrected chi connectivity index (χ1v) is 13.4. The zero-order valence-corrected chi connectivity index (χ0v) is 22.3. The third kappa shape index (κ3) is 3.11. The van der Waals surface area contributed by atoms with E-state index in [9.17, 15) is 15.0 Å². The number of carbonyl (C=O) groups excluding carboxylic acids is 1. The summed E-state index contributed by atoms with van der Waals surface area (Å²) >= 11 is 0. The second kappa shape index (κ2) is 8.24. The summed E-state index contributed by atoms with van der Waals surface area (Å²) in [4.78, 5) is 17.4. The number of hydrogen-bond acceptors (Lipinski definition) is 5. The SMILES string of the molecule is CC[C@H]1C[C@H](N(C)C(=O)C#Cc2ccc(C)c(C)c2)[C@@H]2Oc3c(O)ccc4c3[C@@]23CCN(C)[C@H](C4)[C@]13O. The van der Waals surface area contributed by atoms with Crippen molar-refractivity contribution in [3.63, 3.8) is 0 Å². The van der Waals surface area contributed by atoms with E-state index in [1.807, 2.05) is 31.2 Å². The highest BCUT2D eigenvalue weighted by atomic mass is 16.5. The third-order valence-corrected chi connectivity index (χ3v) is 10.1. The van der Waals surface area contributed by atoms with Crippen molar-refractivity contribution in [1.29, 1.82) is 0 Å². The molecule has 2 N–H and O–H groups in total. The van der Waals surface area contributed by atoms with Crippen LogP contribution in [-0.2, 0) is 16.6 Å². The maximum Gasteiger partial charge on any atom is 0.298 e. The van der Waals surface area contributed by atoms with Crippen molar-refractivity contribution in [1.82, 2.24) is 9.80 Å². The normalized spacial score (nSPS) is 33.1. The van der Waals surface area contributed by atoms with E-state index < -0.39 is 17.1 Å². The van der Waals surface area contributed by atoms with Crippen molar-refractivity contribution in [2.24, 2.45) is 5.92 Å². The Morgan fingerprint density at radius 1 is 1.24 bits per heavy atom. The van der Waals surface area contributed by atoms with Gasteiger partial charge in [0, 0.05) is 30.1 Å². The Morgan fingerprint density at radius 3 is 2.76 bits per heavy atom. The van der Waals surface area contributed by atoms with Gasteiger partial charge in [0.15, 0.2) is 11.5 Å². The second-order valence-corrected chi connectivity index (χ2v) is 11.6. The summed E-state index contributed by atoms with van der Waals surface area (Å²) < 4.78 is 6.61. The molecule has 2 bridgehead atoms. The van der Waals surface area contributed by atoms with Crippen LogP contribution in [0.5, 0.6) is 11.5 Å². The van der Waals surface area contributed by atoms with Crippen molar-refractivity contribution in [3.8, 4) is 23.3 Å². The zero-order chi connectivity index (χ0) is 26.3. The van der Waals surface area contributed by atoms with Gasteiger partial charge in [0.1, 0.15) is 6.10 Å². The van der Waals surface area contributed by atoms with Crippen LogP contribution < -0.4 is 4.74 Å². The van der Waals surface area contributed by atoms with E-state index in [-0.39, 0.29) is 29.7 Å². The quantitative estimate of drug-likeness (QED) is 0.619. The molecule has 6 heteroatoms. The number of rotatable bonds is 2. The molecular weight excluding hydrogens is 464 g/mol. The van der Waals surface area contributed by atoms with Gasteiger partial charge in [-0.3, -0.25) is 4.79 Å². The fraction of sp³-hybridized carbons (Fsp3) is 0.516. The molecule has 6 nitrogen and oxygen atoms in total. The summed E-state index contributed by atoms with van der Waals surface area (Å²) in [7, 11) is 3.90. The van der Waals surface area contributed by atoms with Gasteiger partial charge in [-0.05, 0) is 87.5 Å². The van der Waals surface area contributed by atoms with Crippen molar-refractivity contribution in [3.05, 3.63) is 58.1 Å². The van der Waals surface area contributed by atoms with Gasteiger partial charge in [0.25, 0.3) is 5.91 Å². The Labute approximate surface area is 219 Å². The Kier molecular flexibility index (Phi) is 5.42. The topological polar surface area (TPSA) is 73.2 Å². The van der Waals surface area contributed by atoms with Gasteiger partial charge in [0.2, 0.25) is 0 Å². The summed E-state index contributed by atoms with van der Waals surface area (Å²) in [6.07, 6.45) is 2.42. The van der Waals surface area contributed by atoms with E-state index in [2.05, 4.69) is 37.6 Å². The Balaban J connectivity index is 1.43. The standard InChI is InChI=1S/C31H36N2O4/c1-6-22-17-23(33(5)26(35)12-9-20-8-7-18(2)19(3)15-20)29-30-13-14-32(4)25(31(22,30)36)16-21-10-11-24(34)28(37-29)27(21)30/h7-8,10-11,15,22-23,25,29,34,36H,6,13-14,16-17H2,1-5H3/t22-,23-,25+,29-,30-,31+/m0/s1. The molecule has 37 heavy (non-hydrogen) atoms.